The summed E-state index contributed by atoms with van der Waals surface area (Å²) in [5, 5.41) is 0. The van der Waals surface area contributed by atoms with Gasteiger partial charge in [0, 0.05) is 25.0 Å². The van der Waals surface area contributed by atoms with Crippen molar-refractivity contribution in [3.8, 4) is 0 Å². The van der Waals surface area contributed by atoms with Crippen molar-refractivity contribution in [1.82, 2.24) is 9.21 Å². The number of hydrogen-bond acceptors (Lipinski definition) is 3. The van der Waals surface area contributed by atoms with Crippen molar-refractivity contribution in [3.05, 3.63) is 12.3 Å². The lowest BCUT2D eigenvalue weighted by Gasteiger charge is -2.21. The Hall–Kier alpha value is -0.150. The highest BCUT2D eigenvalue weighted by atomic mass is 32.2. The number of nitrogens with zero attached hydrogens (tertiary/aromatic N) is 2. The molecule has 0 unspecified atom stereocenters. The maximum atomic E-state index is 2.45. The zero-order chi connectivity index (χ0) is 8.81. The highest BCUT2D eigenvalue weighted by Gasteiger charge is 2.06. The maximum absolute atomic E-state index is 2.45. The summed E-state index contributed by atoms with van der Waals surface area (Å²) >= 11 is 1.90. The lowest BCUT2D eigenvalue weighted by atomic mass is 10.4. The van der Waals surface area contributed by atoms with Gasteiger partial charge in [-0.15, -0.1) is 0 Å². The highest BCUT2D eigenvalue weighted by molar-refractivity contribution is 7.97. The van der Waals surface area contributed by atoms with E-state index in [2.05, 4.69) is 35.3 Å². The van der Waals surface area contributed by atoms with Gasteiger partial charge in [0.25, 0.3) is 0 Å². The molecule has 0 spiro atoms. The van der Waals surface area contributed by atoms with Crippen molar-refractivity contribution in [2.75, 3.05) is 31.9 Å². The fourth-order valence-electron chi connectivity index (χ4n) is 1.26. The SMILES string of the molecule is CCN(CC)CCN1C=CCS1. The lowest BCUT2D eigenvalue weighted by molar-refractivity contribution is 0.292. The largest absolute Gasteiger partial charge is 0.322 e. The molecule has 0 atom stereocenters. The maximum Gasteiger partial charge on any atom is 0.0416 e. The van der Waals surface area contributed by atoms with Gasteiger partial charge in [0.15, 0.2) is 0 Å². The van der Waals surface area contributed by atoms with Gasteiger partial charge in [-0.3, -0.25) is 0 Å². The number of hydrogen-bond donors (Lipinski definition) is 0. The average Bonchev–Trinajstić information content (AvgIpc) is 2.59. The predicted molar refractivity (Wildman–Crippen MR) is 56.1 cm³/mol. The molecule has 1 aliphatic rings. The molecule has 1 aliphatic heterocycles. The van der Waals surface area contributed by atoms with E-state index in [4.69, 9.17) is 0 Å². The van der Waals surface area contributed by atoms with Gasteiger partial charge >= 0.3 is 0 Å². The Kier molecular flexibility index (Phi) is 4.54. The summed E-state index contributed by atoms with van der Waals surface area (Å²) in [6, 6.07) is 0. The first kappa shape index (κ1) is 9.93. The molecule has 12 heavy (non-hydrogen) atoms. The molecule has 0 saturated carbocycles. The van der Waals surface area contributed by atoms with E-state index < -0.39 is 0 Å². The molecule has 0 aromatic heterocycles. The van der Waals surface area contributed by atoms with Crippen molar-refractivity contribution in [2.24, 2.45) is 0 Å². The van der Waals surface area contributed by atoms with Gasteiger partial charge in [0.05, 0.1) is 0 Å². The van der Waals surface area contributed by atoms with Gasteiger partial charge < -0.3 is 9.21 Å². The zero-order valence-corrected chi connectivity index (χ0v) is 8.81. The molecule has 0 radical (unpaired) electrons. The van der Waals surface area contributed by atoms with Crippen molar-refractivity contribution < 1.29 is 0 Å². The normalized spacial score (nSPS) is 16.4. The summed E-state index contributed by atoms with van der Waals surface area (Å²) in [6.45, 7) is 9.11. The number of rotatable bonds is 5. The van der Waals surface area contributed by atoms with Crippen molar-refractivity contribution in [2.45, 2.75) is 13.8 Å². The second-order valence-electron chi connectivity index (χ2n) is 2.85. The molecular formula is C9H18N2S. The zero-order valence-electron chi connectivity index (χ0n) is 7.99. The Balaban J connectivity index is 2.10. The summed E-state index contributed by atoms with van der Waals surface area (Å²) in [7, 11) is 0. The molecule has 0 amide bonds. The van der Waals surface area contributed by atoms with E-state index in [0.29, 0.717) is 0 Å². The van der Waals surface area contributed by atoms with Crippen molar-refractivity contribution in [3.63, 3.8) is 0 Å². The third-order valence-electron chi connectivity index (χ3n) is 2.14. The molecule has 3 heteroatoms. The Morgan fingerprint density at radius 2 is 2.17 bits per heavy atom. The molecule has 70 valence electrons. The molecular weight excluding hydrogens is 168 g/mol. The Morgan fingerprint density at radius 3 is 2.67 bits per heavy atom. The summed E-state index contributed by atoms with van der Waals surface area (Å²) in [6.07, 6.45) is 4.40. The molecule has 1 heterocycles. The molecule has 1 rings (SSSR count). The molecule has 0 aliphatic carbocycles. The van der Waals surface area contributed by atoms with Gasteiger partial charge in [-0.05, 0) is 25.0 Å². The summed E-state index contributed by atoms with van der Waals surface area (Å²) < 4.78 is 2.32. The first-order valence-electron chi connectivity index (χ1n) is 4.65. The third kappa shape index (κ3) is 3.07. The quantitative estimate of drug-likeness (QED) is 0.605. The topological polar surface area (TPSA) is 6.48 Å². The van der Waals surface area contributed by atoms with Crippen LogP contribution in [0.4, 0.5) is 0 Å². The van der Waals surface area contributed by atoms with Crippen LogP contribution < -0.4 is 0 Å². The fourth-order valence-corrected chi connectivity index (χ4v) is 2.01. The van der Waals surface area contributed by atoms with Gasteiger partial charge in [-0.2, -0.15) is 0 Å². The van der Waals surface area contributed by atoms with Crippen LogP contribution in [0.25, 0.3) is 0 Å². The van der Waals surface area contributed by atoms with E-state index in [9.17, 15) is 0 Å². The Bertz CT molecular complexity index is 143. The minimum absolute atomic E-state index is 1.15. The second kappa shape index (κ2) is 5.49. The van der Waals surface area contributed by atoms with E-state index >= 15 is 0 Å². The van der Waals surface area contributed by atoms with Crippen molar-refractivity contribution >= 4 is 11.9 Å². The monoisotopic (exact) mass is 186 g/mol. The number of likely N-dealkylation sites (N-methyl/N-ethyl adjacent to an activating group) is 1. The molecule has 0 aromatic rings. The van der Waals surface area contributed by atoms with Crippen LogP contribution in [0.3, 0.4) is 0 Å². The smallest absolute Gasteiger partial charge is 0.0416 e. The lowest BCUT2D eigenvalue weighted by Crippen LogP contribution is -2.29. The summed E-state index contributed by atoms with van der Waals surface area (Å²) in [4.78, 5) is 2.45. The van der Waals surface area contributed by atoms with Crippen LogP contribution in [0.1, 0.15) is 13.8 Å². The van der Waals surface area contributed by atoms with Crippen LogP contribution in [0.5, 0.6) is 0 Å². The fraction of sp³-hybridized carbons (Fsp3) is 0.778. The summed E-state index contributed by atoms with van der Waals surface area (Å²) in [5.41, 5.74) is 0. The molecule has 2 nitrogen and oxygen atoms in total. The summed E-state index contributed by atoms with van der Waals surface area (Å²) in [5.74, 6) is 1.15. The van der Waals surface area contributed by atoms with Crippen molar-refractivity contribution in [1.29, 1.82) is 0 Å². The van der Waals surface area contributed by atoms with E-state index in [-0.39, 0.29) is 0 Å². The molecule has 0 saturated heterocycles. The van der Waals surface area contributed by atoms with Gasteiger partial charge in [-0.1, -0.05) is 19.9 Å². The first-order valence-corrected chi connectivity index (χ1v) is 5.59. The Morgan fingerprint density at radius 1 is 1.42 bits per heavy atom. The van der Waals surface area contributed by atoms with E-state index in [0.717, 1.165) is 12.3 Å². The predicted octanol–water partition coefficient (Wildman–Crippen LogP) is 1.81. The standard InChI is InChI=1S/C9H18N2S/c1-3-10(4-2)7-8-11-6-5-9-12-11/h5-6H,3-4,7-9H2,1-2H3. The van der Waals surface area contributed by atoms with E-state index in [1.807, 2.05) is 11.9 Å². The molecule has 0 N–H and O–H groups in total. The van der Waals surface area contributed by atoms with Gasteiger partial charge in [0.1, 0.15) is 0 Å². The van der Waals surface area contributed by atoms with Crippen LogP contribution in [0.2, 0.25) is 0 Å². The Labute approximate surface area is 79.7 Å². The van der Waals surface area contributed by atoms with Gasteiger partial charge in [0.2, 0.25) is 0 Å². The second-order valence-corrected chi connectivity index (χ2v) is 3.91. The average molecular weight is 186 g/mol. The third-order valence-corrected chi connectivity index (χ3v) is 3.12. The van der Waals surface area contributed by atoms with E-state index in [1.54, 1.807) is 0 Å². The van der Waals surface area contributed by atoms with Crippen LogP contribution in [-0.4, -0.2) is 41.1 Å². The molecule has 0 aromatic carbocycles. The molecule has 0 bridgehead atoms. The van der Waals surface area contributed by atoms with Crippen LogP contribution in [0, 0.1) is 0 Å². The minimum Gasteiger partial charge on any atom is -0.322 e. The molecule has 0 fully saturated rings. The van der Waals surface area contributed by atoms with E-state index in [1.165, 1.54) is 19.6 Å². The highest BCUT2D eigenvalue weighted by Crippen LogP contribution is 2.16. The first-order chi connectivity index (χ1) is 5.86. The minimum atomic E-state index is 1.15. The van der Waals surface area contributed by atoms with Crippen LogP contribution in [0.15, 0.2) is 12.3 Å². The van der Waals surface area contributed by atoms with Gasteiger partial charge in [-0.25, -0.2) is 0 Å². The van der Waals surface area contributed by atoms with Crippen LogP contribution in [-0.2, 0) is 0 Å². The van der Waals surface area contributed by atoms with Crippen LogP contribution >= 0.6 is 11.9 Å².